The van der Waals surface area contributed by atoms with Gasteiger partial charge in [0.1, 0.15) is 0 Å². The standard InChI is InChI=1S/C11F24O3S/c12-1(13,3(16,17)5(20,21)7(24,25)9(28,29)30)2(14,15)4(18,19)6(22,23)8(26,27)10(31,32)38-39(36,37)11(33,34)35. The van der Waals surface area contributed by atoms with Crippen LogP contribution in [0.4, 0.5) is 105 Å². The van der Waals surface area contributed by atoms with Gasteiger partial charge in [-0.3, -0.25) is 0 Å². The van der Waals surface area contributed by atoms with Crippen molar-refractivity contribution in [2.75, 3.05) is 0 Å². The molecule has 0 heterocycles. The zero-order chi connectivity index (χ0) is 32.7. The van der Waals surface area contributed by atoms with Crippen LogP contribution in [-0.2, 0) is 14.3 Å². The van der Waals surface area contributed by atoms with Crippen LogP contribution in [0.25, 0.3) is 0 Å². The predicted octanol–water partition coefficient (Wildman–Crippen LogP) is 7.09. The molecule has 0 aromatic rings. The largest absolute Gasteiger partial charge is 0.523 e. The van der Waals surface area contributed by atoms with Gasteiger partial charge in [-0.1, -0.05) is 0 Å². The Morgan fingerprint density at radius 1 is 0.333 bits per heavy atom. The lowest BCUT2D eigenvalue weighted by Crippen LogP contribution is -2.77. The van der Waals surface area contributed by atoms with E-state index in [1.54, 1.807) is 0 Å². The average molecular weight is 668 g/mol. The molecule has 0 aliphatic heterocycles. The van der Waals surface area contributed by atoms with Crippen LogP contribution >= 0.6 is 0 Å². The number of halogens is 24. The van der Waals surface area contributed by atoms with Crippen LogP contribution in [0.5, 0.6) is 0 Å². The summed E-state index contributed by atoms with van der Waals surface area (Å²) in [4.78, 5) is 0. The molecule has 0 rings (SSSR count). The van der Waals surface area contributed by atoms with E-state index in [0.29, 0.717) is 0 Å². The molecule has 0 atom stereocenters. The van der Waals surface area contributed by atoms with Gasteiger partial charge >= 0.3 is 75.3 Å². The summed E-state index contributed by atoms with van der Waals surface area (Å²) in [6.07, 6.45) is -16.6. The zero-order valence-electron chi connectivity index (χ0n) is 16.2. The lowest BCUT2D eigenvalue weighted by molar-refractivity contribution is -0.480. The van der Waals surface area contributed by atoms with Crippen molar-refractivity contribution in [3.05, 3.63) is 0 Å². The first-order valence-electron chi connectivity index (χ1n) is 7.69. The SMILES string of the molecule is O=S(=O)(OC(F)(F)C(F)(F)C(F)(F)C(F)(F)C(F)(F)C(F)(F)C(F)(F)C(F)(F)C(F)(F)C(F)(F)F)C(F)(F)F. The highest BCUT2D eigenvalue weighted by atomic mass is 32.2. The van der Waals surface area contributed by atoms with Crippen LogP contribution in [0, 0.1) is 0 Å². The Morgan fingerprint density at radius 3 is 0.744 bits per heavy atom. The first-order chi connectivity index (χ1) is 16.2. The second-order valence-electron chi connectivity index (χ2n) is 6.59. The van der Waals surface area contributed by atoms with Gasteiger partial charge in [0.2, 0.25) is 0 Å². The molecule has 236 valence electrons. The van der Waals surface area contributed by atoms with Crippen molar-refractivity contribution in [2.24, 2.45) is 0 Å². The molecule has 0 saturated carbocycles. The van der Waals surface area contributed by atoms with Crippen molar-refractivity contribution in [1.82, 2.24) is 0 Å². The van der Waals surface area contributed by atoms with Crippen molar-refractivity contribution < 1.29 is 118 Å². The summed E-state index contributed by atoms with van der Waals surface area (Å²) in [5, 5.41) is 0. The smallest absolute Gasteiger partial charge is 0.192 e. The maximum Gasteiger partial charge on any atom is 0.523 e. The summed E-state index contributed by atoms with van der Waals surface area (Å²) < 4.78 is 330. The van der Waals surface area contributed by atoms with Crippen molar-refractivity contribution in [1.29, 1.82) is 0 Å². The van der Waals surface area contributed by atoms with Crippen LogP contribution < -0.4 is 0 Å². The normalized spacial score (nSPS) is 17.0. The molecule has 0 bridgehead atoms. The Labute approximate surface area is 194 Å². The van der Waals surface area contributed by atoms with E-state index in [4.69, 9.17) is 0 Å². The Kier molecular flexibility index (Phi) is 8.46. The summed E-state index contributed by atoms with van der Waals surface area (Å²) in [5.41, 5.74) is -7.35. The fraction of sp³-hybridized carbons (Fsp3) is 1.00. The maximum atomic E-state index is 13.4. The van der Waals surface area contributed by atoms with E-state index in [-0.39, 0.29) is 0 Å². The number of hydrogen-bond donors (Lipinski definition) is 0. The average Bonchev–Trinajstić information content (AvgIpc) is 2.63. The second-order valence-corrected chi connectivity index (χ2v) is 8.13. The minimum absolute atomic E-state index is 1.16. The molecular formula is C11F24O3S. The maximum absolute atomic E-state index is 13.4. The van der Waals surface area contributed by atoms with Crippen LogP contribution in [0.15, 0.2) is 0 Å². The van der Waals surface area contributed by atoms with Gasteiger partial charge in [-0.05, 0) is 0 Å². The minimum Gasteiger partial charge on any atom is -0.192 e. The van der Waals surface area contributed by atoms with E-state index < -0.39 is 75.3 Å². The highest BCUT2D eigenvalue weighted by molar-refractivity contribution is 7.87. The van der Waals surface area contributed by atoms with Crippen LogP contribution in [-0.4, -0.2) is 73.6 Å². The Bertz CT molecular complexity index is 1010. The van der Waals surface area contributed by atoms with Crippen molar-refractivity contribution >= 4 is 10.1 Å². The fourth-order valence-electron chi connectivity index (χ4n) is 1.78. The third-order valence-corrected chi connectivity index (χ3v) is 4.98. The van der Waals surface area contributed by atoms with Crippen LogP contribution in [0.2, 0.25) is 0 Å². The molecular weight excluding hydrogens is 668 g/mol. The van der Waals surface area contributed by atoms with Crippen LogP contribution in [0.3, 0.4) is 0 Å². The van der Waals surface area contributed by atoms with Crippen LogP contribution in [0.1, 0.15) is 0 Å². The Morgan fingerprint density at radius 2 is 0.538 bits per heavy atom. The number of alkyl halides is 24. The topological polar surface area (TPSA) is 43.4 Å². The number of hydrogen-bond acceptors (Lipinski definition) is 3. The first kappa shape index (κ1) is 37.2. The Hall–Kier alpha value is -1.77. The molecule has 39 heavy (non-hydrogen) atoms. The monoisotopic (exact) mass is 668 g/mol. The molecule has 0 amide bonds. The molecule has 0 saturated heterocycles. The van der Waals surface area contributed by atoms with E-state index in [1.807, 2.05) is 0 Å². The van der Waals surface area contributed by atoms with E-state index >= 15 is 0 Å². The first-order valence-corrected chi connectivity index (χ1v) is 9.10. The summed E-state index contributed by atoms with van der Waals surface area (Å²) in [6, 6.07) is 0. The second kappa shape index (κ2) is 8.86. The third kappa shape index (κ3) is 4.78. The molecule has 0 radical (unpaired) electrons. The van der Waals surface area contributed by atoms with E-state index in [9.17, 15) is 114 Å². The molecule has 0 aromatic heterocycles. The quantitative estimate of drug-likeness (QED) is 0.142. The van der Waals surface area contributed by atoms with Crippen molar-refractivity contribution in [2.45, 2.75) is 65.2 Å². The Balaban J connectivity index is 7.16. The molecule has 0 aliphatic carbocycles. The summed E-state index contributed by atoms with van der Waals surface area (Å²) in [6.45, 7) is 0. The van der Waals surface area contributed by atoms with Gasteiger partial charge in [0.25, 0.3) is 0 Å². The molecule has 3 nitrogen and oxygen atoms in total. The van der Waals surface area contributed by atoms with Gasteiger partial charge in [0.05, 0.1) is 0 Å². The van der Waals surface area contributed by atoms with Gasteiger partial charge in [-0.15, -0.1) is 0 Å². The van der Waals surface area contributed by atoms with Gasteiger partial charge < -0.3 is 0 Å². The summed E-state index contributed by atoms with van der Waals surface area (Å²) in [5.74, 6) is -73.9. The third-order valence-electron chi connectivity index (χ3n) is 3.98. The molecule has 0 N–H and O–H groups in total. The summed E-state index contributed by atoms with van der Waals surface area (Å²) in [7, 11) is -8.33. The highest BCUT2D eigenvalue weighted by Crippen LogP contribution is 2.66. The lowest BCUT2D eigenvalue weighted by Gasteiger charge is -2.44. The zero-order valence-corrected chi connectivity index (χ0v) is 17.0. The molecule has 0 aliphatic rings. The van der Waals surface area contributed by atoms with Crippen molar-refractivity contribution in [3.63, 3.8) is 0 Å². The highest BCUT2D eigenvalue weighted by Gasteiger charge is 2.98. The van der Waals surface area contributed by atoms with E-state index in [1.165, 1.54) is 0 Å². The molecule has 28 heteroatoms. The van der Waals surface area contributed by atoms with Gasteiger partial charge in [0.15, 0.2) is 0 Å². The molecule has 0 fully saturated rings. The van der Waals surface area contributed by atoms with E-state index in [2.05, 4.69) is 0 Å². The number of rotatable bonds is 10. The summed E-state index contributed by atoms with van der Waals surface area (Å²) >= 11 is 0. The van der Waals surface area contributed by atoms with Gasteiger partial charge in [-0.2, -0.15) is 118 Å². The predicted molar refractivity (Wildman–Crippen MR) is 66.6 cm³/mol. The molecule has 0 aromatic carbocycles. The fourth-order valence-corrected chi connectivity index (χ4v) is 2.26. The molecule has 0 unspecified atom stereocenters. The minimum atomic E-state index is -9.54. The van der Waals surface area contributed by atoms with Crippen molar-refractivity contribution in [3.8, 4) is 0 Å². The van der Waals surface area contributed by atoms with Gasteiger partial charge in [-0.25, -0.2) is 0 Å². The van der Waals surface area contributed by atoms with E-state index in [0.717, 1.165) is 4.18 Å². The lowest BCUT2D eigenvalue weighted by atomic mass is 9.87. The molecule has 0 spiro atoms. The van der Waals surface area contributed by atoms with Gasteiger partial charge in [0, 0.05) is 0 Å².